The molecular formula is C19H28N2O3. The summed E-state index contributed by atoms with van der Waals surface area (Å²) in [5.41, 5.74) is 0.936. The number of carbonyl (C=O) groups is 2. The minimum Gasteiger partial charge on any atom is -0.392 e. The van der Waals surface area contributed by atoms with Crippen LogP contribution < -0.4 is 0 Å². The summed E-state index contributed by atoms with van der Waals surface area (Å²) in [6.07, 6.45) is 0.525. The largest absolute Gasteiger partial charge is 0.392 e. The predicted octanol–water partition coefficient (Wildman–Crippen LogP) is 1.70. The SMILES string of the molecule is CC(O)CN1CC(C)(C)CN(C(=O)CCc2ccccc2)CC1=O. The monoisotopic (exact) mass is 332 g/mol. The minimum atomic E-state index is -0.565. The first-order chi connectivity index (χ1) is 11.3. The van der Waals surface area contributed by atoms with E-state index in [4.69, 9.17) is 0 Å². The van der Waals surface area contributed by atoms with Gasteiger partial charge in [-0.25, -0.2) is 0 Å². The molecule has 1 heterocycles. The lowest BCUT2D eigenvalue weighted by atomic mass is 9.92. The van der Waals surface area contributed by atoms with E-state index in [9.17, 15) is 14.7 Å². The van der Waals surface area contributed by atoms with Gasteiger partial charge in [-0.1, -0.05) is 44.2 Å². The molecule has 132 valence electrons. The van der Waals surface area contributed by atoms with Crippen LogP contribution in [0.25, 0.3) is 0 Å². The lowest BCUT2D eigenvalue weighted by Crippen LogP contribution is -2.42. The van der Waals surface area contributed by atoms with E-state index in [0.29, 0.717) is 32.5 Å². The summed E-state index contributed by atoms with van der Waals surface area (Å²) in [6.45, 7) is 7.31. The molecule has 1 atom stereocenters. The van der Waals surface area contributed by atoms with E-state index in [0.717, 1.165) is 5.56 Å². The molecule has 0 aliphatic carbocycles. The molecule has 2 rings (SSSR count). The second-order valence-corrected chi connectivity index (χ2v) is 7.52. The van der Waals surface area contributed by atoms with Gasteiger partial charge in [-0.3, -0.25) is 9.59 Å². The van der Waals surface area contributed by atoms with Gasteiger partial charge in [0.05, 0.1) is 12.6 Å². The third-order valence-corrected chi connectivity index (χ3v) is 4.22. The topological polar surface area (TPSA) is 60.9 Å². The molecule has 0 bridgehead atoms. The number of amides is 2. The van der Waals surface area contributed by atoms with Crippen molar-refractivity contribution in [2.75, 3.05) is 26.2 Å². The molecule has 5 heteroatoms. The average Bonchev–Trinajstić information content (AvgIpc) is 2.61. The van der Waals surface area contributed by atoms with Crippen molar-refractivity contribution in [3.05, 3.63) is 35.9 Å². The molecule has 2 amide bonds. The fraction of sp³-hybridized carbons (Fsp3) is 0.579. The first kappa shape index (κ1) is 18.5. The van der Waals surface area contributed by atoms with Gasteiger partial charge in [0.15, 0.2) is 0 Å². The van der Waals surface area contributed by atoms with Gasteiger partial charge in [-0.15, -0.1) is 0 Å². The lowest BCUT2D eigenvalue weighted by molar-refractivity contribution is -0.139. The molecule has 5 nitrogen and oxygen atoms in total. The van der Waals surface area contributed by atoms with Gasteiger partial charge in [-0.2, -0.15) is 0 Å². The highest BCUT2D eigenvalue weighted by atomic mass is 16.3. The van der Waals surface area contributed by atoms with E-state index < -0.39 is 6.10 Å². The Hall–Kier alpha value is -1.88. The highest BCUT2D eigenvalue weighted by molar-refractivity contribution is 5.85. The van der Waals surface area contributed by atoms with Crippen molar-refractivity contribution in [3.8, 4) is 0 Å². The van der Waals surface area contributed by atoms with E-state index in [-0.39, 0.29) is 23.8 Å². The molecule has 1 aliphatic rings. The molecule has 0 saturated carbocycles. The Morgan fingerprint density at radius 1 is 1.25 bits per heavy atom. The number of β-amino-alcohol motifs (C(OH)–C–C–N with tert-alkyl or cyclic N) is 1. The second kappa shape index (κ2) is 7.79. The van der Waals surface area contributed by atoms with Crippen molar-refractivity contribution in [3.63, 3.8) is 0 Å². The standard InChI is InChI=1S/C19H28N2O3/c1-15(22)11-20-13-19(2,3)14-21(12-18(20)24)17(23)10-9-16-7-5-4-6-8-16/h4-8,15,22H,9-14H2,1-3H3. The molecule has 0 aromatic heterocycles. The number of aryl methyl sites for hydroxylation is 1. The van der Waals surface area contributed by atoms with Gasteiger partial charge in [0, 0.05) is 26.1 Å². The van der Waals surface area contributed by atoms with E-state index in [1.54, 1.807) is 16.7 Å². The van der Waals surface area contributed by atoms with Crippen molar-refractivity contribution in [1.82, 2.24) is 9.80 Å². The molecule has 0 radical (unpaired) electrons. The number of hydrogen-bond donors (Lipinski definition) is 1. The molecule has 1 aromatic carbocycles. The smallest absolute Gasteiger partial charge is 0.242 e. The fourth-order valence-electron chi connectivity index (χ4n) is 3.21. The number of hydrogen-bond acceptors (Lipinski definition) is 3. The van der Waals surface area contributed by atoms with Crippen molar-refractivity contribution >= 4 is 11.8 Å². The van der Waals surface area contributed by atoms with Crippen LogP contribution in [0.4, 0.5) is 0 Å². The van der Waals surface area contributed by atoms with E-state index in [2.05, 4.69) is 13.8 Å². The number of aliphatic hydroxyl groups excluding tert-OH is 1. The van der Waals surface area contributed by atoms with E-state index in [1.165, 1.54) is 0 Å². The number of nitrogens with zero attached hydrogens (tertiary/aromatic N) is 2. The van der Waals surface area contributed by atoms with Crippen molar-refractivity contribution in [1.29, 1.82) is 0 Å². The highest BCUT2D eigenvalue weighted by Crippen LogP contribution is 2.23. The summed E-state index contributed by atoms with van der Waals surface area (Å²) in [5, 5.41) is 9.60. The zero-order chi connectivity index (χ0) is 17.7. The lowest BCUT2D eigenvalue weighted by Gasteiger charge is -2.31. The van der Waals surface area contributed by atoms with E-state index in [1.807, 2.05) is 30.3 Å². The Balaban J connectivity index is 2.01. The van der Waals surface area contributed by atoms with Crippen LogP contribution in [-0.2, 0) is 16.0 Å². The minimum absolute atomic E-state index is 0.0131. The van der Waals surface area contributed by atoms with Gasteiger partial charge < -0.3 is 14.9 Å². The summed E-state index contributed by atoms with van der Waals surface area (Å²) >= 11 is 0. The first-order valence-corrected chi connectivity index (χ1v) is 8.54. The van der Waals surface area contributed by atoms with Crippen LogP contribution >= 0.6 is 0 Å². The quantitative estimate of drug-likeness (QED) is 0.893. The molecule has 0 spiro atoms. The first-order valence-electron chi connectivity index (χ1n) is 8.54. The van der Waals surface area contributed by atoms with Gasteiger partial charge in [-0.05, 0) is 24.3 Å². The van der Waals surface area contributed by atoms with Crippen molar-refractivity contribution in [2.24, 2.45) is 5.41 Å². The third-order valence-electron chi connectivity index (χ3n) is 4.22. The Morgan fingerprint density at radius 2 is 1.92 bits per heavy atom. The van der Waals surface area contributed by atoms with Gasteiger partial charge >= 0.3 is 0 Å². The van der Waals surface area contributed by atoms with Crippen LogP contribution in [0.3, 0.4) is 0 Å². The van der Waals surface area contributed by atoms with Crippen molar-refractivity contribution < 1.29 is 14.7 Å². The fourth-order valence-corrected chi connectivity index (χ4v) is 3.21. The Labute approximate surface area is 144 Å². The molecular weight excluding hydrogens is 304 g/mol. The maximum atomic E-state index is 12.6. The maximum absolute atomic E-state index is 12.6. The molecule has 1 N–H and O–H groups in total. The molecule has 1 unspecified atom stereocenters. The number of rotatable bonds is 5. The van der Waals surface area contributed by atoms with Gasteiger partial charge in [0.1, 0.15) is 0 Å². The Bertz CT molecular complexity index is 569. The normalized spacial score (nSPS) is 19.1. The van der Waals surface area contributed by atoms with Gasteiger partial charge in [0.2, 0.25) is 11.8 Å². The van der Waals surface area contributed by atoms with Crippen LogP contribution in [0, 0.1) is 5.41 Å². The van der Waals surface area contributed by atoms with Crippen LogP contribution in [-0.4, -0.2) is 59.0 Å². The maximum Gasteiger partial charge on any atom is 0.242 e. The Morgan fingerprint density at radius 3 is 2.54 bits per heavy atom. The van der Waals surface area contributed by atoms with Gasteiger partial charge in [0.25, 0.3) is 0 Å². The predicted molar refractivity (Wildman–Crippen MR) is 93.4 cm³/mol. The Kier molecular flexibility index (Phi) is 5.99. The molecule has 1 aromatic rings. The summed E-state index contributed by atoms with van der Waals surface area (Å²) in [6, 6.07) is 9.90. The number of aliphatic hydroxyl groups is 1. The molecule has 24 heavy (non-hydrogen) atoms. The van der Waals surface area contributed by atoms with Crippen LogP contribution in [0.1, 0.15) is 32.8 Å². The van der Waals surface area contributed by atoms with Crippen LogP contribution in [0.2, 0.25) is 0 Å². The summed E-state index contributed by atoms with van der Waals surface area (Å²) < 4.78 is 0. The summed E-state index contributed by atoms with van der Waals surface area (Å²) in [5.74, 6) is -0.0753. The molecule has 1 aliphatic heterocycles. The van der Waals surface area contributed by atoms with Crippen molar-refractivity contribution in [2.45, 2.75) is 39.7 Å². The highest BCUT2D eigenvalue weighted by Gasteiger charge is 2.34. The molecule has 1 saturated heterocycles. The molecule has 1 fully saturated rings. The zero-order valence-electron chi connectivity index (χ0n) is 14.9. The second-order valence-electron chi connectivity index (χ2n) is 7.52. The number of benzene rings is 1. The van der Waals surface area contributed by atoms with Crippen LogP contribution in [0.5, 0.6) is 0 Å². The third kappa shape index (κ3) is 5.34. The summed E-state index contributed by atoms with van der Waals surface area (Å²) in [4.78, 5) is 28.4. The zero-order valence-corrected chi connectivity index (χ0v) is 14.9. The van der Waals surface area contributed by atoms with E-state index >= 15 is 0 Å². The van der Waals surface area contributed by atoms with Crippen LogP contribution in [0.15, 0.2) is 30.3 Å². The number of carbonyl (C=O) groups excluding carboxylic acids is 2. The summed E-state index contributed by atoms with van der Waals surface area (Å²) in [7, 11) is 0. The average molecular weight is 332 g/mol.